The number of aryl methyl sites for hydroxylation is 1. The van der Waals surface area contributed by atoms with Gasteiger partial charge in [-0.25, -0.2) is 18.4 Å². The maximum absolute atomic E-state index is 13.5. The molecule has 1 heterocycles. The highest BCUT2D eigenvalue weighted by Gasteiger charge is 2.20. The van der Waals surface area contributed by atoms with Gasteiger partial charge in [0.05, 0.1) is 29.6 Å². The summed E-state index contributed by atoms with van der Waals surface area (Å²) in [5, 5.41) is 19.0. The average molecular weight is 615 g/mol. The molecule has 4 aromatic carbocycles. The van der Waals surface area contributed by atoms with Gasteiger partial charge in [-0.15, -0.1) is 0 Å². The van der Waals surface area contributed by atoms with Crippen LogP contribution in [0.15, 0.2) is 89.8 Å². The summed E-state index contributed by atoms with van der Waals surface area (Å²) in [5.74, 6) is 0.0455. The lowest BCUT2D eigenvalue weighted by Gasteiger charge is -2.15. The van der Waals surface area contributed by atoms with Gasteiger partial charge in [0.15, 0.2) is 11.6 Å². The number of carbonyl (C=O) groups excluding carboxylic acids is 1. The van der Waals surface area contributed by atoms with Crippen LogP contribution < -0.4 is 25.4 Å². The van der Waals surface area contributed by atoms with E-state index in [0.29, 0.717) is 28.2 Å². The van der Waals surface area contributed by atoms with E-state index in [1.54, 1.807) is 36.4 Å². The number of nitrogens with zero attached hydrogens (tertiary/aromatic N) is 2. The second kappa shape index (κ2) is 13.3. The predicted molar refractivity (Wildman–Crippen MR) is 174 cm³/mol. The summed E-state index contributed by atoms with van der Waals surface area (Å²) in [6.45, 7) is 3.96. The third-order valence-corrected chi connectivity index (χ3v) is 8.00. The van der Waals surface area contributed by atoms with E-state index in [9.17, 15) is 18.3 Å². The number of para-hydroxylation sites is 2. The molecule has 5 rings (SSSR count). The Bertz CT molecular complexity index is 1930. The smallest absolute Gasteiger partial charge is 0.263 e. The number of nitrogens with one attached hydrogen (secondary N) is 4. The molecule has 228 valence electrons. The number of ether oxygens (including phenoxy) is 1. The lowest BCUT2D eigenvalue weighted by molar-refractivity contribution is -0.114. The van der Waals surface area contributed by atoms with Crippen molar-refractivity contribution in [2.24, 2.45) is 0 Å². The minimum atomic E-state index is -4.18. The fraction of sp³-hybridized carbons (Fsp3) is 0.156. The van der Waals surface area contributed by atoms with Gasteiger partial charge in [0.2, 0.25) is 5.91 Å². The number of benzene rings is 4. The topological polar surface area (TPSA) is 155 Å². The highest BCUT2D eigenvalue weighted by Crippen LogP contribution is 2.31. The van der Waals surface area contributed by atoms with Crippen molar-refractivity contribution >= 4 is 55.7 Å². The molecule has 0 unspecified atom stereocenters. The Morgan fingerprint density at radius 1 is 0.864 bits per heavy atom. The number of aromatic nitrogens is 2. The molecule has 1 aromatic heterocycles. The minimum absolute atomic E-state index is 0. The Kier molecular flexibility index (Phi) is 9.54. The van der Waals surface area contributed by atoms with E-state index < -0.39 is 10.0 Å². The van der Waals surface area contributed by atoms with Crippen LogP contribution in [0.5, 0.6) is 11.5 Å². The number of aromatic hydroxyl groups is 1. The van der Waals surface area contributed by atoms with Gasteiger partial charge in [-0.05, 0) is 61.4 Å². The Morgan fingerprint density at radius 3 is 2.30 bits per heavy atom. The van der Waals surface area contributed by atoms with Crippen LogP contribution in [-0.4, -0.2) is 43.1 Å². The molecule has 5 N–H and O–H groups in total. The number of rotatable bonds is 10. The Morgan fingerprint density at radius 2 is 1.57 bits per heavy atom. The zero-order chi connectivity index (χ0) is 30.6. The fourth-order valence-electron chi connectivity index (χ4n) is 4.32. The van der Waals surface area contributed by atoms with Gasteiger partial charge in [0.1, 0.15) is 11.5 Å². The molecule has 0 fully saturated rings. The van der Waals surface area contributed by atoms with Gasteiger partial charge in [-0.2, -0.15) is 0 Å². The van der Waals surface area contributed by atoms with Crippen molar-refractivity contribution in [3.63, 3.8) is 0 Å². The van der Waals surface area contributed by atoms with Crippen LogP contribution in [0.4, 0.5) is 28.7 Å². The van der Waals surface area contributed by atoms with Crippen LogP contribution in [0.3, 0.4) is 0 Å². The molecule has 0 saturated carbocycles. The first-order valence-electron chi connectivity index (χ1n) is 13.3. The van der Waals surface area contributed by atoms with E-state index in [1.165, 1.54) is 37.4 Å². The summed E-state index contributed by atoms with van der Waals surface area (Å²) in [4.78, 5) is 21.6. The first-order chi connectivity index (χ1) is 20.6. The number of hydrogen-bond donors (Lipinski definition) is 5. The van der Waals surface area contributed by atoms with Crippen molar-refractivity contribution in [3.8, 4) is 11.5 Å². The summed E-state index contributed by atoms with van der Waals surface area (Å²) >= 11 is 0. The molecule has 1 amide bonds. The summed E-state index contributed by atoms with van der Waals surface area (Å²) in [5.41, 5.74) is 4.71. The molecule has 0 atom stereocenters. The molecular weight excluding hydrogens is 580 g/mol. The van der Waals surface area contributed by atoms with Crippen LogP contribution in [-0.2, 0) is 14.8 Å². The normalized spacial score (nSPS) is 10.9. The number of amides is 1. The summed E-state index contributed by atoms with van der Waals surface area (Å²) in [6.07, 6.45) is 0. The standard InChI is InChI=1S/C31H30N6O5S.CH4/c1-19-8-6-13-26(20(19)2)32-18-29(39)33-21-9-7-10-25(16-21)43(40,41)37-31-30(35-27-11-4-5-12-28(27)36-31)34-22-14-23(38)17-24(15-22)42-3;/h4-17,32,38H,18H2,1-3H3,(H,33,39)(H,34,35)(H,36,37);1H4. The number of hydrogen-bond acceptors (Lipinski definition) is 9. The number of methoxy groups -OCH3 is 1. The molecule has 0 aliphatic rings. The van der Waals surface area contributed by atoms with Crippen molar-refractivity contribution in [3.05, 3.63) is 96.1 Å². The average Bonchev–Trinajstić information content (AvgIpc) is 2.98. The highest BCUT2D eigenvalue weighted by molar-refractivity contribution is 7.92. The summed E-state index contributed by atoms with van der Waals surface area (Å²) in [7, 11) is -2.71. The third-order valence-electron chi connectivity index (χ3n) is 6.66. The van der Waals surface area contributed by atoms with Crippen LogP contribution in [0.2, 0.25) is 0 Å². The number of anilines is 5. The zero-order valence-electron chi connectivity index (χ0n) is 23.7. The van der Waals surface area contributed by atoms with E-state index in [1.807, 2.05) is 32.0 Å². The van der Waals surface area contributed by atoms with Crippen LogP contribution in [0.1, 0.15) is 18.6 Å². The molecule has 5 aromatic rings. The first-order valence-corrected chi connectivity index (χ1v) is 14.7. The maximum Gasteiger partial charge on any atom is 0.263 e. The van der Waals surface area contributed by atoms with Gasteiger partial charge in [0.25, 0.3) is 10.0 Å². The lowest BCUT2D eigenvalue weighted by atomic mass is 10.1. The van der Waals surface area contributed by atoms with Crippen LogP contribution in [0, 0.1) is 13.8 Å². The van der Waals surface area contributed by atoms with Crippen LogP contribution in [0.25, 0.3) is 11.0 Å². The summed E-state index contributed by atoms with van der Waals surface area (Å²) < 4.78 is 34.8. The van der Waals surface area contributed by atoms with Crippen molar-refractivity contribution in [2.75, 3.05) is 34.3 Å². The van der Waals surface area contributed by atoms with Crippen molar-refractivity contribution in [1.82, 2.24) is 9.97 Å². The maximum atomic E-state index is 13.5. The molecule has 11 nitrogen and oxygen atoms in total. The van der Waals surface area contributed by atoms with Crippen molar-refractivity contribution in [2.45, 2.75) is 26.2 Å². The van der Waals surface area contributed by atoms with E-state index in [-0.39, 0.29) is 42.2 Å². The molecule has 0 spiro atoms. The highest BCUT2D eigenvalue weighted by atomic mass is 32.2. The fourth-order valence-corrected chi connectivity index (χ4v) is 5.37. The number of phenols is 1. The Labute approximate surface area is 256 Å². The van der Waals surface area contributed by atoms with Crippen LogP contribution >= 0.6 is 0 Å². The SMILES string of the molecule is C.COc1cc(O)cc(Nc2nc3ccccc3nc2NS(=O)(=O)c2cccc(NC(=O)CNc3cccc(C)c3C)c2)c1. The third kappa shape index (κ3) is 7.34. The predicted octanol–water partition coefficient (Wildman–Crippen LogP) is 6.19. The quantitative estimate of drug-likeness (QED) is 0.124. The number of fused-ring (bicyclic) bond motifs is 1. The second-order valence-electron chi connectivity index (χ2n) is 9.74. The molecule has 0 radical (unpaired) electrons. The van der Waals surface area contributed by atoms with Crippen molar-refractivity contribution in [1.29, 1.82) is 0 Å². The van der Waals surface area contributed by atoms with Gasteiger partial charge >= 0.3 is 0 Å². The van der Waals surface area contributed by atoms with Gasteiger partial charge in [-0.1, -0.05) is 37.8 Å². The molecule has 44 heavy (non-hydrogen) atoms. The Balaban J connectivity index is 0.00000442. The van der Waals surface area contributed by atoms with Gasteiger partial charge in [0, 0.05) is 35.3 Å². The summed E-state index contributed by atoms with van der Waals surface area (Å²) in [6, 6.07) is 23.2. The lowest BCUT2D eigenvalue weighted by Crippen LogP contribution is -2.22. The van der Waals surface area contributed by atoms with Gasteiger partial charge < -0.3 is 25.8 Å². The van der Waals surface area contributed by atoms with E-state index in [2.05, 4.69) is 30.6 Å². The molecule has 0 aliphatic carbocycles. The van der Waals surface area contributed by atoms with E-state index in [0.717, 1.165) is 16.8 Å². The molecule has 0 aliphatic heterocycles. The van der Waals surface area contributed by atoms with Gasteiger partial charge in [-0.3, -0.25) is 9.52 Å². The largest absolute Gasteiger partial charge is 0.508 e. The first kappa shape index (κ1) is 31.6. The second-order valence-corrected chi connectivity index (χ2v) is 11.4. The molecular formula is C32H34N6O5S. The molecule has 0 saturated heterocycles. The van der Waals surface area contributed by atoms with E-state index in [4.69, 9.17) is 4.74 Å². The molecule has 12 heteroatoms. The zero-order valence-corrected chi connectivity index (χ0v) is 24.5. The monoisotopic (exact) mass is 614 g/mol. The number of carbonyl (C=O) groups is 1. The number of phenolic OH excluding ortho intramolecular Hbond substituents is 1. The number of sulfonamides is 1. The molecule has 0 bridgehead atoms. The minimum Gasteiger partial charge on any atom is -0.508 e. The van der Waals surface area contributed by atoms with Crippen molar-refractivity contribution < 1.29 is 23.1 Å². The Hall–Kier alpha value is -5.36. The van der Waals surface area contributed by atoms with E-state index >= 15 is 0 Å².